The van der Waals surface area contributed by atoms with E-state index in [0.717, 1.165) is 16.3 Å². The van der Waals surface area contributed by atoms with Gasteiger partial charge in [0.15, 0.2) is 0 Å². The number of aliphatic hydroxyl groups is 1. The quantitative estimate of drug-likeness (QED) is 0.890. The van der Waals surface area contributed by atoms with Gasteiger partial charge in [-0.05, 0) is 13.3 Å². The summed E-state index contributed by atoms with van der Waals surface area (Å²) >= 11 is 1.38. The highest BCUT2D eigenvalue weighted by Crippen LogP contribution is 2.27. The second kappa shape index (κ2) is 6.63. The molecule has 1 unspecified atom stereocenters. The fraction of sp³-hybridized carbons (Fsp3) is 0.333. The molecule has 1 aromatic heterocycles. The smallest absolute Gasteiger partial charge is 0.263 e. The first kappa shape index (κ1) is 14.7. The molecule has 0 aliphatic heterocycles. The Morgan fingerprint density at radius 2 is 2.10 bits per heavy atom. The number of carbonyl (C=O) groups is 1. The highest BCUT2D eigenvalue weighted by Gasteiger charge is 2.18. The van der Waals surface area contributed by atoms with Crippen LogP contribution in [0.5, 0.6) is 0 Å². The topological polar surface area (TPSA) is 62.2 Å². The molecule has 1 aromatic carbocycles. The molecule has 0 spiro atoms. The van der Waals surface area contributed by atoms with Gasteiger partial charge in [-0.3, -0.25) is 4.79 Å². The van der Waals surface area contributed by atoms with Crippen molar-refractivity contribution in [3.63, 3.8) is 0 Å². The minimum absolute atomic E-state index is 0.0500. The second-order valence-electron chi connectivity index (χ2n) is 4.56. The number of hydrogen-bond donors (Lipinski definition) is 2. The SMILES string of the molecule is CCC(CO)NC(=O)c1sc(-c2ccccc2)nc1C. The molecule has 1 heterocycles. The van der Waals surface area contributed by atoms with Gasteiger partial charge in [0.05, 0.1) is 18.3 Å². The van der Waals surface area contributed by atoms with E-state index in [9.17, 15) is 4.79 Å². The van der Waals surface area contributed by atoms with Crippen LogP contribution in [0.25, 0.3) is 10.6 Å². The van der Waals surface area contributed by atoms with Crippen molar-refractivity contribution < 1.29 is 9.90 Å². The fourth-order valence-corrected chi connectivity index (χ4v) is 2.81. The first-order chi connectivity index (χ1) is 9.65. The number of rotatable bonds is 5. The lowest BCUT2D eigenvalue weighted by Crippen LogP contribution is -2.36. The Hall–Kier alpha value is -1.72. The van der Waals surface area contributed by atoms with E-state index in [4.69, 9.17) is 5.11 Å². The van der Waals surface area contributed by atoms with E-state index < -0.39 is 0 Å². The number of benzene rings is 1. The average molecular weight is 290 g/mol. The number of aryl methyl sites for hydroxylation is 1. The third-order valence-electron chi connectivity index (χ3n) is 3.07. The maximum absolute atomic E-state index is 12.2. The number of nitrogens with zero attached hydrogens (tertiary/aromatic N) is 1. The second-order valence-corrected chi connectivity index (χ2v) is 5.56. The number of carbonyl (C=O) groups excluding carboxylic acids is 1. The minimum atomic E-state index is -0.204. The standard InChI is InChI=1S/C15H18N2O2S/c1-3-12(9-18)17-14(19)13-10(2)16-15(20-13)11-7-5-4-6-8-11/h4-8,12,18H,3,9H2,1-2H3,(H,17,19). The van der Waals surface area contributed by atoms with Crippen molar-refractivity contribution in [1.29, 1.82) is 0 Å². The van der Waals surface area contributed by atoms with Crippen LogP contribution in [0.3, 0.4) is 0 Å². The van der Waals surface area contributed by atoms with Crippen LogP contribution in [-0.4, -0.2) is 28.6 Å². The Labute approximate surface area is 122 Å². The molecule has 5 heteroatoms. The van der Waals surface area contributed by atoms with Crippen molar-refractivity contribution in [3.05, 3.63) is 40.9 Å². The van der Waals surface area contributed by atoms with Gasteiger partial charge in [-0.1, -0.05) is 37.3 Å². The van der Waals surface area contributed by atoms with E-state index >= 15 is 0 Å². The first-order valence-electron chi connectivity index (χ1n) is 6.60. The fourth-order valence-electron chi connectivity index (χ4n) is 1.84. The number of hydrogen-bond acceptors (Lipinski definition) is 4. The molecule has 20 heavy (non-hydrogen) atoms. The summed E-state index contributed by atoms with van der Waals surface area (Å²) in [5.41, 5.74) is 1.73. The molecule has 0 aliphatic carbocycles. The monoisotopic (exact) mass is 290 g/mol. The van der Waals surface area contributed by atoms with E-state index in [2.05, 4.69) is 10.3 Å². The van der Waals surface area contributed by atoms with Gasteiger partial charge in [0.25, 0.3) is 5.91 Å². The molecule has 0 bridgehead atoms. The Morgan fingerprint density at radius 1 is 1.40 bits per heavy atom. The van der Waals surface area contributed by atoms with Gasteiger partial charge in [0.2, 0.25) is 0 Å². The van der Waals surface area contributed by atoms with E-state index in [1.807, 2.05) is 44.2 Å². The zero-order valence-corrected chi connectivity index (χ0v) is 12.4. The Balaban J connectivity index is 2.22. The Morgan fingerprint density at radius 3 is 2.70 bits per heavy atom. The Bertz CT molecular complexity index is 577. The van der Waals surface area contributed by atoms with Crippen LogP contribution in [0.4, 0.5) is 0 Å². The maximum Gasteiger partial charge on any atom is 0.263 e. The highest BCUT2D eigenvalue weighted by atomic mass is 32.1. The third kappa shape index (κ3) is 3.23. The number of nitrogens with one attached hydrogen (secondary N) is 1. The maximum atomic E-state index is 12.2. The normalized spacial score (nSPS) is 12.2. The van der Waals surface area contributed by atoms with E-state index in [-0.39, 0.29) is 18.6 Å². The summed E-state index contributed by atoms with van der Waals surface area (Å²) < 4.78 is 0. The summed E-state index contributed by atoms with van der Waals surface area (Å²) in [5, 5.41) is 12.8. The molecule has 2 aromatic rings. The van der Waals surface area contributed by atoms with Gasteiger partial charge in [-0.15, -0.1) is 11.3 Å². The summed E-state index contributed by atoms with van der Waals surface area (Å²) in [4.78, 5) is 17.2. The minimum Gasteiger partial charge on any atom is -0.394 e. The zero-order chi connectivity index (χ0) is 14.5. The van der Waals surface area contributed by atoms with Crippen LogP contribution in [-0.2, 0) is 0 Å². The third-order valence-corrected chi connectivity index (χ3v) is 4.28. The molecule has 0 saturated carbocycles. The van der Waals surface area contributed by atoms with Gasteiger partial charge < -0.3 is 10.4 Å². The molecular weight excluding hydrogens is 272 g/mol. The van der Waals surface area contributed by atoms with Crippen LogP contribution in [0.15, 0.2) is 30.3 Å². The molecule has 1 amide bonds. The van der Waals surface area contributed by atoms with Gasteiger partial charge in [0.1, 0.15) is 9.88 Å². The lowest BCUT2D eigenvalue weighted by molar-refractivity contribution is 0.0918. The summed E-state index contributed by atoms with van der Waals surface area (Å²) in [6, 6.07) is 9.59. The molecule has 1 atom stereocenters. The van der Waals surface area contributed by atoms with Crippen LogP contribution in [0.1, 0.15) is 28.7 Å². The molecule has 2 N–H and O–H groups in total. The van der Waals surface area contributed by atoms with Crippen molar-refractivity contribution in [3.8, 4) is 10.6 Å². The number of thiazole rings is 1. The molecule has 0 aliphatic rings. The molecular formula is C15H18N2O2S. The summed E-state index contributed by atoms with van der Waals surface area (Å²) in [6.07, 6.45) is 0.700. The van der Waals surface area contributed by atoms with Crippen LogP contribution in [0.2, 0.25) is 0 Å². The molecule has 0 fully saturated rings. The van der Waals surface area contributed by atoms with Crippen molar-refractivity contribution in [1.82, 2.24) is 10.3 Å². The van der Waals surface area contributed by atoms with Crippen molar-refractivity contribution in [2.45, 2.75) is 26.3 Å². The molecule has 2 rings (SSSR count). The van der Waals surface area contributed by atoms with Gasteiger partial charge >= 0.3 is 0 Å². The van der Waals surface area contributed by atoms with Gasteiger partial charge in [-0.2, -0.15) is 0 Å². The molecule has 0 saturated heterocycles. The highest BCUT2D eigenvalue weighted by molar-refractivity contribution is 7.17. The van der Waals surface area contributed by atoms with Crippen molar-refractivity contribution in [2.75, 3.05) is 6.61 Å². The predicted molar refractivity (Wildman–Crippen MR) is 80.9 cm³/mol. The van der Waals surface area contributed by atoms with Gasteiger partial charge in [-0.25, -0.2) is 4.98 Å². The lowest BCUT2D eigenvalue weighted by Gasteiger charge is -2.12. The largest absolute Gasteiger partial charge is 0.394 e. The van der Waals surface area contributed by atoms with Gasteiger partial charge in [0, 0.05) is 5.56 Å². The number of aliphatic hydroxyl groups excluding tert-OH is 1. The summed E-state index contributed by atoms with van der Waals surface area (Å²) in [5.74, 6) is -0.164. The summed E-state index contributed by atoms with van der Waals surface area (Å²) in [6.45, 7) is 3.71. The molecule has 4 nitrogen and oxygen atoms in total. The van der Waals surface area contributed by atoms with Crippen LogP contribution in [0, 0.1) is 6.92 Å². The van der Waals surface area contributed by atoms with E-state index in [0.29, 0.717) is 11.3 Å². The van der Waals surface area contributed by atoms with E-state index in [1.54, 1.807) is 0 Å². The Kier molecular flexibility index (Phi) is 4.87. The molecule has 0 radical (unpaired) electrons. The number of amides is 1. The number of aromatic nitrogens is 1. The average Bonchev–Trinajstić information content (AvgIpc) is 2.87. The zero-order valence-electron chi connectivity index (χ0n) is 11.6. The van der Waals surface area contributed by atoms with Crippen LogP contribution >= 0.6 is 11.3 Å². The molecule has 106 valence electrons. The lowest BCUT2D eigenvalue weighted by atomic mass is 10.2. The van der Waals surface area contributed by atoms with Crippen LogP contribution < -0.4 is 5.32 Å². The van der Waals surface area contributed by atoms with E-state index in [1.165, 1.54) is 11.3 Å². The van der Waals surface area contributed by atoms with Crippen molar-refractivity contribution in [2.24, 2.45) is 0 Å². The summed E-state index contributed by atoms with van der Waals surface area (Å²) in [7, 11) is 0. The first-order valence-corrected chi connectivity index (χ1v) is 7.42. The van der Waals surface area contributed by atoms with Crippen molar-refractivity contribution >= 4 is 17.2 Å². The predicted octanol–water partition coefficient (Wildman–Crippen LogP) is 2.62.